The van der Waals surface area contributed by atoms with Crippen molar-refractivity contribution in [2.75, 3.05) is 10.8 Å². The second-order valence-corrected chi connectivity index (χ2v) is 15.0. The number of para-hydroxylation sites is 1. The molecule has 4 aromatic rings. The second-order valence-electron chi connectivity index (χ2n) is 12.2. The van der Waals surface area contributed by atoms with E-state index in [0.717, 1.165) is 25.5 Å². The van der Waals surface area contributed by atoms with Gasteiger partial charge in [-0.3, -0.25) is 13.9 Å². The first-order valence-corrected chi connectivity index (χ1v) is 17.0. The predicted octanol–water partition coefficient (Wildman–Crippen LogP) is 6.82. The van der Waals surface area contributed by atoms with E-state index in [4.69, 9.17) is 0 Å². The Morgan fingerprint density at radius 2 is 1.40 bits per heavy atom. The Labute approximate surface area is 275 Å². The van der Waals surface area contributed by atoms with Gasteiger partial charge >= 0.3 is 0 Å². The Balaban J connectivity index is 1.82. The quantitative estimate of drug-likeness (QED) is 0.187. The van der Waals surface area contributed by atoms with Gasteiger partial charge in [0.2, 0.25) is 11.8 Å². The van der Waals surface area contributed by atoms with Gasteiger partial charge in [0, 0.05) is 23.0 Å². The molecule has 45 heavy (non-hydrogen) atoms. The first-order chi connectivity index (χ1) is 21.2. The third-order valence-electron chi connectivity index (χ3n) is 7.31. The van der Waals surface area contributed by atoms with E-state index in [2.05, 4.69) is 21.2 Å². The number of sulfonamides is 1. The van der Waals surface area contributed by atoms with E-state index >= 15 is 0 Å². The number of hydrogen-bond donors (Lipinski definition) is 1. The van der Waals surface area contributed by atoms with Crippen molar-refractivity contribution < 1.29 is 18.0 Å². The van der Waals surface area contributed by atoms with Gasteiger partial charge in [-0.05, 0) is 81.6 Å². The lowest BCUT2D eigenvalue weighted by Crippen LogP contribution is -2.56. The number of anilines is 1. The fourth-order valence-electron chi connectivity index (χ4n) is 4.99. The van der Waals surface area contributed by atoms with Gasteiger partial charge in [0.05, 0.1) is 10.6 Å². The van der Waals surface area contributed by atoms with Gasteiger partial charge in [-0.25, -0.2) is 8.42 Å². The molecule has 0 aromatic heterocycles. The van der Waals surface area contributed by atoms with Crippen molar-refractivity contribution in [2.45, 2.75) is 64.1 Å². The van der Waals surface area contributed by atoms with Crippen LogP contribution in [-0.4, -0.2) is 43.3 Å². The molecule has 0 radical (unpaired) electrons. The van der Waals surface area contributed by atoms with Gasteiger partial charge in [0.15, 0.2) is 0 Å². The zero-order chi connectivity index (χ0) is 32.8. The van der Waals surface area contributed by atoms with Gasteiger partial charge in [0.1, 0.15) is 12.6 Å². The smallest absolute Gasteiger partial charge is 0.264 e. The molecule has 0 fully saturated rings. The van der Waals surface area contributed by atoms with E-state index in [1.807, 2.05) is 101 Å². The lowest BCUT2D eigenvalue weighted by molar-refractivity contribution is -0.140. The van der Waals surface area contributed by atoms with Crippen molar-refractivity contribution in [1.82, 2.24) is 10.2 Å². The molecule has 0 saturated heterocycles. The zero-order valence-electron chi connectivity index (χ0n) is 26.3. The summed E-state index contributed by atoms with van der Waals surface area (Å²) in [5.74, 6) is -0.817. The third-order valence-corrected chi connectivity index (χ3v) is 9.61. The van der Waals surface area contributed by atoms with Gasteiger partial charge < -0.3 is 10.2 Å². The molecule has 2 amide bonds. The fraction of sp³-hybridized carbons (Fsp3) is 0.278. The highest BCUT2D eigenvalue weighted by Gasteiger charge is 2.36. The van der Waals surface area contributed by atoms with E-state index in [1.54, 1.807) is 36.4 Å². The average Bonchev–Trinajstić information content (AvgIpc) is 2.99. The van der Waals surface area contributed by atoms with Crippen molar-refractivity contribution in [1.29, 1.82) is 0 Å². The van der Waals surface area contributed by atoms with Gasteiger partial charge in [0.25, 0.3) is 10.0 Å². The minimum Gasteiger partial charge on any atom is -0.350 e. The summed E-state index contributed by atoms with van der Waals surface area (Å²) < 4.78 is 30.4. The molecular formula is C36H40BrN3O4S. The van der Waals surface area contributed by atoms with E-state index in [9.17, 15) is 18.0 Å². The highest BCUT2D eigenvalue weighted by atomic mass is 79.9. The van der Waals surface area contributed by atoms with Crippen LogP contribution >= 0.6 is 15.9 Å². The average molecular weight is 691 g/mol. The van der Waals surface area contributed by atoms with Crippen LogP contribution in [0.5, 0.6) is 0 Å². The number of amides is 2. The molecule has 7 nitrogen and oxygen atoms in total. The minimum absolute atomic E-state index is 0.0786. The molecule has 0 aliphatic rings. The molecule has 236 valence electrons. The topological polar surface area (TPSA) is 86.8 Å². The van der Waals surface area contributed by atoms with Crippen LogP contribution in [0.1, 0.15) is 43.0 Å². The van der Waals surface area contributed by atoms with Gasteiger partial charge in [-0.1, -0.05) is 94.3 Å². The van der Waals surface area contributed by atoms with Crippen LogP contribution in [0, 0.1) is 13.8 Å². The Bertz CT molecular complexity index is 1720. The fourth-order valence-corrected chi connectivity index (χ4v) is 6.73. The largest absolute Gasteiger partial charge is 0.350 e. The van der Waals surface area contributed by atoms with Crippen LogP contribution < -0.4 is 9.62 Å². The highest BCUT2D eigenvalue weighted by Crippen LogP contribution is 2.28. The second kappa shape index (κ2) is 14.4. The maximum absolute atomic E-state index is 14.6. The number of benzene rings is 4. The number of rotatable bonds is 11. The summed E-state index contributed by atoms with van der Waals surface area (Å²) in [6.07, 6.45) is 0.250. The first-order valence-electron chi connectivity index (χ1n) is 14.8. The molecule has 0 spiro atoms. The van der Waals surface area contributed by atoms with Crippen molar-refractivity contribution in [2.24, 2.45) is 0 Å². The summed E-state index contributed by atoms with van der Waals surface area (Å²) >= 11 is 3.47. The summed E-state index contributed by atoms with van der Waals surface area (Å²) in [4.78, 5) is 30.1. The SMILES string of the molecule is Cc1ccc(S(=O)(=O)N(CC(=O)N(Cc2ccc(Br)cc2)[C@@H](Cc2ccccc2)C(=O)NC(C)(C)C)c2ccccc2C)cc1. The molecule has 0 saturated carbocycles. The molecule has 1 N–H and O–H groups in total. The number of carbonyl (C=O) groups excluding carboxylic acids is 2. The number of hydrogen-bond acceptors (Lipinski definition) is 4. The molecular weight excluding hydrogens is 650 g/mol. The maximum Gasteiger partial charge on any atom is 0.264 e. The van der Waals surface area contributed by atoms with Crippen LogP contribution in [-0.2, 0) is 32.6 Å². The number of nitrogens with one attached hydrogen (secondary N) is 1. The standard InChI is InChI=1S/C36H40BrN3O4S/c1-26-15-21-31(22-16-26)45(43,44)40(32-14-10-9-11-27(32)2)25-34(41)39(24-29-17-19-30(37)20-18-29)33(35(42)38-36(3,4)5)23-28-12-7-6-8-13-28/h6-22,33H,23-25H2,1-5H3,(H,38,42)/t33-/m0/s1. The molecule has 0 aliphatic heterocycles. The van der Waals surface area contributed by atoms with Crippen molar-refractivity contribution in [3.63, 3.8) is 0 Å². The molecule has 0 aliphatic carbocycles. The number of halogens is 1. The minimum atomic E-state index is -4.15. The van der Waals surface area contributed by atoms with Gasteiger partial charge in [-0.15, -0.1) is 0 Å². The lowest BCUT2D eigenvalue weighted by atomic mass is 10.0. The first kappa shape index (κ1) is 33.9. The zero-order valence-corrected chi connectivity index (χ0v) is 28.7. The molecule has 9 heteroatoms. The Kier molecular flexibility index (Phi) is 10.9. The van der Waals surface area contributed by atoms with Crippen LogP contribution in [0.3, 0.4) is 0 Å². The van der Waals surface area contributed by atoms with Crippen LogP contribution in [0.15, 0.2) is 112 Å². The Morgan fingerprint density at radius 1 is 0.800 bits per heavy atom. The number of carbonyl (C=O) groups is 2. The monoisotopic (exact) mass is 689 g/mol. The summed E-state index contributed by atoms with van der Waals surface area (Å²) in [7, 11) is -4.15. The maximum atomic E-state index is 14.6. The van der Waals surface area contributed by atoms with Crippen molar-refractivity contribution >= 4 is 43.5 Å². The van der Waals surface area contributed by atoms with Crippen molar-refractivity contribution in [3.05, 3.63) is 130 Å². The molecule has 0 heterocycles. The summed E-state index contributed by atoms with van der Waals surface area (Å²) in [6, 6.07) is 29.8. The predicted molar refractivity (Wildman–Crippen MR) is 183 cm³/mol. The molecule has 1 atom stereocenters. The molecule has 4 rings (SSSR count). The van der Waals surface area contributed by atoms with Crippen LogP contribution in [0.2, 0.25) is 0 Å². The van der Waals surface area contributed by atoms with Crippen LogP contribution in [0.25, 0.3) is 0 Å². The van der Waals surface area contributed by atoms with E-state index in [0.29, 0.717) is 11.3 Å². The summed E-state index contributed by atoms with van der Waals surface area (Å²) in [6.45, 7) is 8.97. The normalized spacial score (nSPS) is 12.3. The van der Waals surface area contributed by atoms with Crippen molar-refractivity contribution in [3.8, 4) is 0 Å². The number of nitrogens with zero attached hydrogens (tertiary/aromatic N) is 2. The molecule has 0 bridgehead atoms. The highest BCUT2D eigenvalue weighted by molar-refractivity contribution is 9.10. The van der Waals surface area contributed by atoms with E-state index < -0.39 is 34.1 Å². The molecule has 4 aromatic carbocycles. The lowest BCUT2D eigenvalue weighted by Gasteiger charge is -2.35. The Hall–Kier alpha value is -3.95. The third kappa shape index (κ3) is 9.05. The molecule has 0 unspecified atom stereocenters. The summed E-state index contributed by atoms with van der Waals surface area (Å²) in [5, 5.41) is 3.05. The van der Waals surface area contributed by atoms with Crippen LogP contribution in [0.4, 0.5) is 5.69 Å². The number of aryl methyl sites for hydroxylation is 2. The van der Waals surface area contributed by atoms with E-state index in [1.165, 1.54) is 4.90 Å². The Morgan fingerprint density at radius 3 is 2.00 bits per heavy atom. The summed E-state index contributed by atoms with van der Waals surface area (Å²) in [5.41, 5.74) is 3.14. The van der Waals surface area contributed by atoms with Gasteiger partial charge in [-0.2, -0.15) is 0 Å². The van der Waals surface area contributed by atoms with E-state index in [-0.39, 0.29) is 23.8 Å².